The Morgan fingerprint density at radius 3 is 2.96 bits per heavy atom. The van der Waals surface area contributed by atoms with Crippen LogP contribution in [0.1, 0.15) is 24.0 Å². The van der Waals surface area contributed by atoms with Gasteiger partial charge in [-0.1, -0.05) is 12.1 Å². The summed E-state index contributed by atoms with van der Waals surface area (Å²) in [5.41, 5.74) is 3.64. The van der Waals surface area contributed by atoms with Gasteiger partial charge in [-0.05, 0) is 45.0 Å². The number of ether oxygens (including phenoxy) is 1. The number of nitrogens with one attached hydrogen (secondary N) is 1. The fraction of sp³-hybridized carbons (Fsp3) is 0.474. The molecule has 132 valence electrons. The first-order valence-electron chi connectivity index (χ1n) is 8.92. The lowest BCUT2D eigenvalue weighted by Crippen LogP contribution is -2.40. The van der Waals surface area contributed by atoms with Gasteiger partial charge in [0, 0.05) is 29.3 Å². The number of likely N-dealkylation sites (tertiary alicyclic amines) is 1. The van der Waals surface area contributed by atoms with E-state index in [1.807, 2.05) is 18.2 Å². The van der Waals surface area contributed by atoms with E-state index in [-0.39, 0.29) is 5.75 Å². The highest BCUT2D eigenvalue weighted by atomic mass is 16.5. The van der Waals surface area contributed by atoms with Gasteiger partial charge >= 0.3 is 0 Å². The van der Waals surface area contributed by atoms with E-state index >= 15 is 0 Å². The number of hydrogen-bond acceptors (Lipinski definition) is 6. The van der Waals surface area contributed by atoms with Gasteiger partial charge in [0.05, 0.1) is 13.2 Å². The Kier molecular flexibility index (Phi) is 4.55. The largest absolute Gasteiger partial charge is 0.507 e. The molecule has 3 heterocycles. The molecule has 0 saturated carbocycles. The first-order valence-corrected chi connectivity index (χ1v) is 8.92. The number of hydrogen-bond donors (Lipinski definition) is 2. The Morgan fingerprint density at radius 1 is 1.24 bits per heavy atom. The summed E-state index contributed by atoms with van der Waals surface area (Å²) >= 11 is 0. The second kappa shape index (κ2) is 6.98. The van der Waals surface area contributed by atoms with Gasteiger partial charge in [-0.15, -0.1) is 10.2 Å². The van der Waals surface area contributed by atoms with Crippen LogP contribution >= 0.6 is 0 Å². The summed E-state index contributed by atoms with van der Waals surface area (Å²) in [7, 11) is 2.16. The summed E-state index contributed by atoms with van der Waals surface area (Å²) in [5, 5.41) is 22.7. The Balaban J connectivity index is 1.69. The molecule has 1 aromatic carbocycles. The van der Waals surface area contributed by atoms with Crippen molar-refractivity contribution in [3.63, 3.8) is 0 Å². The van der Waals surface area contributed by atoms with Crippen LogP contribution in [0.3, 0.4) is 0 Å². The van der Waals surface area contributed by atoms with E-state index in [1.54, 1.807) is 6.07 Å². The Labute approximate surface area is 147 Å². The van der Waals surface area contributed by atoms with Gasteiger partial charge in [0.2, 0.25) is 0 Å². The fourth-order valence-corrected chi connectivity index (χ4v) is 3.76. The maximum Gasteiger partial charge on any atom is 0.152 e. The van der Waals surface area contributed by atoms with E-state index < -0.39 is 0 Å². The summed E-state index contributed by atoms with van der Waals surface area (Å²) in [6.45, 7) is 3.38. The van der Waals surface area contributed by atoms with Gasteiger partial charge in [0.25, 0.3) is 0 Å². The molecule has 0 spiro atoms. The van der Waals surface area contributed by atoms with Crippen molar-refractivity contribution in [3.05, 3.63) is 35.4 Å². The average Bonchev–Trinajstić information content (AvgIpc) is 2.63. The molecule has 1 atom stereocenters. The number of rotatable bonds is 3. The highest BCUT2D eigenvalue weighted by molar-refractivity contribution is 5.72. The molecule has 1 saturated heterocycles. The number of aromatic nitrogens is 2. The van der Waals surface area contributed by atoms with Crippen LogP contribution in [0.15, 0.2) is 24.3 Å². The Hall–Kier alpha value is -2.18. The summed E-state index contributed by atoms with van der Waals surface area (Å²) in [6, 6.07) is 7.66. The van der Waals surface area contributed by atoms with Crippen molar-refractivity contribution in [2.24, 2.45) is 0 Å². The molecule has 0 bridgehead atoms. The normalized spacial score (nSPS) is 20.9. The van der Waals surface area contributed by atoms with E-state index in [9.17, 15) is 5.11 Å². The second-order valence-corrected chi connectivity index (χ2v) is 6.92. The number of likely N-dealkylation sites (N-methyl/N-ethyl adjacent to an activating group) is 1. The van der Waals surface area contributed by atoms with Crippen LogP contribution in [0.5, 0.6) is 5.75 Å². The SMILES string of the molecule is CN1CCCC(Nc2nnc(-c3ccccc3O)c3c2CCOC3)C1. The molecule has 1 fully saturated rings. The molecule has 25 heavy (non-hydrogen) atoms. The molecular formula is C19H24N4O2. The Bertz CT molecular complexity index is 765. The molecule has 0 amide bonds. The van der Waals surface area contributed by atoms with Crippen LogP contribution < -0.4 is 5.32 Å². The minimum atomic E-state index is 0.221. The number of phenols is 1. The van der Waals surface area contributed by atoms with Crippen LogP contribution in [0.4, 0.5) is 5.82 Å². The van der Waals surface area contributed by atoms with Gasteiger partial charge in [-0.3, -0.25) is 0 Å². The zero-order valence-corrected chi connectivity index (χ0v) is 14.5. The first kappa shape index (κ1) is 16.3. The smallest absolute Gasteiger partial charge is 0.152 e. The van der Waals surface area contributed by atoms with Crippen LogP contribution in [0, 0.1) is 0 Å². The lowest BCUT2D eigenvalue weighted by atomic mass is 9.97. The third-order valence-corrected chi connectivity index (χ3v) is 5.05. The molecule has 2 aliphatic heterocycles. The molecule has 2 N–H and O–H groups in total. The second-order valence-electron chi connectivity index (χ2n) is 6.92. The van der Waals surface area contributed by atoms with E-state index in [4.69, 9.17) is 4.74 Å². The van der Waals surface area contributed by atoms with Gasteiger partial charge in [0.1, 0.15) is 11.4 Å². The lowest BCUT2D eigenvalue weighted by Gasteiger charge is -2.31. The minimum Gasteiger partial charge on any atom is -0.507 e. The van der Waals surface area contributed by atoms with Crippen molar-refractivity contribution in [1.29, 1.82) is 0 Å². The molecule has 1 unspecified atom stereocenters. The summed E-state index contributed by atoms with van der Waals surface area (Å²) in [4.78, 5) is 2.35. The van der Waals surface area contributed by atoms with E-state index in [2.05, 4.69) is 27.5 Å². The van der Waals surface area contributed by atoms with Crippen molar-refractivity contribution in [2.45, 2.75) is 31.9 Å². The predicted molar refractivity (Wildman–Crippen MR) is 96.6 cm³/mol. The monoisotopic (exact) mass is 340 g/mol. The van der Waals surface area contributed by atoms with E-state index in [0.29, 0.717) is 24.8 Å². The quantitative estimate of drug-likeness (QED) is 0.894. The minimum absolute atomic E-state index is 0.221. The summed E-state index contributed by atoms with van der Waals surface area (Å²) < 4.78 is 5.67. The van der Waals surface area contributed by atoms with Crippen LogP contribution in [0.2, 0.25) is 0 Å². The average molecular weight is 340 g/mol. The molecule has 1 aromatic heterocycles. The summed E-state index contributed by atoms with van der Waals surface area (Å²) in [6.07, 6.45) is 3.16. The number of fused-ring (bicyclic) bond motifs is 1. The number of benzene rings is 1. The number of anilines is 1. The van der Waals surface area contributed by atoms with Gasteiger partial charge < -0.3 is 20.1 Å². The highest BCUT2D eigenvalue weighted by Gasteiger charge is 2.25. The van der Waals surface area contributed by atoms with Gasteiger partial charge in [-0.25, -0.2) is 0 Å². The van der Waals surface area contributed by atoms with Crippen molar-refractivity contribution in [1.82, 2.24) is 15.1 Å². The van der Waals surface area contributed by atoms with Crippen LogP contribution in [-0.2, 0) is 17.8 Å². The number of aromatic hydroxyl groups is 1. The zero-order valence-electron chi connectivity index (χ0n) is 14.5. The number of piperidine rings is 1. The number of phenolic OH excluding ortho intramolecular Hbond substituents is 1. The molecule has 4 rings (SSSR count). The van der Waals surface area contributed by atoms with Crippen LogP contribution in [-0.4, -0.2) is 53.0 Å². The third-order valence-electron chi connectivity index (χ3n) is 5.05. The predicted octanol–water partition coefficient (Wildman–Crippen LogP) is 2.43. The molecule has 6 nitrogen and oxygen atoms in total. The lowest BCUT2D eigenvalue weighted by molar-refractivity contribution is 0.111. The third kappa shape index (κ3) is 3.32. The maximum atomic E-state index is 10.2. The van der Waals surface area contributed by atoms with Crippen LogP contribution in [0.25, 0.3) is 11.3 Å². The van der Waals surface area contributed by atoms with E-state index in [1.165, 1.54) is 12.0 Å². The fourth-order valence-electron chi connectivity index (χ4n) is 3.76. The Morgan fingerprint density at radius 2 is 2.12 bits per heavy atom. The molecule has 0 radical (unpaired) electrons. The van der Waals surface area contributed by atoms with Crippen molar-refractivity contribution in [3.8, 4) is 17.0 Å². The number of para-hydroxylation sites is 1. The first-order chi connectivity index (χ1) is 12.2. The molecule has 0 aliphatic carbocycles. The van der Waals surface area contributed by atoms with Gasteiger partial charge in [0.15, 0.2) is 5.82 Å². The molecule has 2 aromatic rings. The van der Waals surface area contributed by atoms with Crippen molar-refractivity contribution >= 4 is 5.82 Å². The van der Waals surface area contributed by atoms with Gasteiger partial charge in [-0.2, -0.15) is 0 Å². The molecule has 2 aliphatic rings. The highest BCUT2D eigenvalue weighted by Crippen LogP contribution is 2.35. The topological polar surface area (TPSA) is 70.5 Å². The zero-order chi connectivity index (χ0) is 17.2. The summed E-state index contributed by atoms with van der Waals surface area (Å²) in [5.74, 6) is 1.09. The standard InChI is InChI=1S/C19H24N4O2/c1-23-9-4-5-13(11-23)20-19-14-8-10-25-12-16(14)18(21-22-19)15-6-2-3-7-17(15)24/h2-3,6-7,13,24H,4-5,8-12H2,1H3,(H,20,22). The maximum absolute atomic E-state index is 10.2. The van der Waals surface area contributed by atoms with Crippen molar-refractivity contribution < 1.29 is 9.84 Å². The molecular weight excluding hydrogens is 316 g/mol. The number of nitrogens with zero attached hydrogens (tertiary/aromatic N) is 3. The van der Waals surface area contributed by atoms with E-state index in [0.717, 1.165) is 43.0 Å². The van der Waals surface area contributed by atoms with Crippen molar-refractivity contribution in [2.75, 3.05) is 32.1 Å². The molecule has 6 heteroatoms.